The Morgan fingerprint density at radius 3 is 2.89 bits per heavy atom. The first-order chi connectivity index (χ1) is 9.18. The summed E-state index contributed by atoms with van der Waals surface area (Å²) < 4.78 is 5.29. The van der Waals surface area contributed by atoms with Crippen LogP contribution in [-0.2, 0) is 11.3 Å². The number of hydrogen-bond donors (Lipinski definition) is 1. The fraction of sp³-hybridized carbons (Fsp3) is 0.538. The van der Waals surface area contributed by atoms with E-state index in [1.807, 2.05) is 31.1 Å². The highest BCUT2D eigenvalue weighted by molar-refractivity contribution is 5.78. The number of guanidine groups is 1. The smallest absolute Gasteiger partial charge is 0.191 e. The van der Waals surface area contributed by atoms with Crippen molar-refractivity contribution in [1.82, 2.24) is 9.88 Å². The number of rotatable bonds is 3. The second-order valence-corrected chi connectivity index (χ2v) is 4.65. The van der Waals surface area contributed by atoms with E-state index >= 15 is 0 Å². The third-order valence-corrected chi connectivity index (χ3v) is 3.04. The van der Waals surface area contributed by atoms with Crippen LogP contribution in [0.4, 0.5) is 5.82 Å². The Bertz CT molecular complexity index is 440. The number of aliphatic imine (C=N–C) groups is 1. The lowest BCUT2D eigenvalue weighted by atomic mass is 10.2. The van der Waals surface area contributed by atoms with Crippen LogP contribution >= 0.6 is 0 Å². The first-order valence-electron chi connectivity index (χ1n) is 6.42. The predicted octanol–water partition coefficient (Wildman–Crippen LogP) is 0.295. The lowest BCUT2D eigenvalue weighted by Crippen LogP contribution is -2.44. The Morgan fingerprint density at radius 1 is 1.47 bits per heavy atom. The van der Waals surface area contributed by atoms with Crippen LogP contribution in [0.1, 0.15) is 5.56 Å². The van der Waals surface area contributed by atoms with Gasteiger partial charge in [0, 0.05) is 38.9 Å². The number of nitrogens with two attached hydrogens (primary N) is 1. The SMILES string of the molecule is CN(C)c1ncccc1CN=C(N)N1CCOCC1. The average Bonchev–Trinajstić information content (AvgIpc) is 2.46. The van der Waals surface area contributed by atoms with E-state index in [0.717, 1.165) is 24.5 Å². The quantitative estimate of drug-likeness (QED) is 0.627. The van der Waals surface area contributed by atoms with E-state index in [-0.39, 0.29) is 0 Å². The molecule has 0 radical (unpaired) electrons. The van der Waals surface area contributed by atoms with Gasteiger partial charge in [0.05, 0.1) is 19.8 Å². The van der Waals surface area contributed by atoms with E-state index in [0.29, 0.717) is 25.7 Å². The molecule has 6 nitrogen and oxygen atoms in total. The van der Waals surface area contributed by atoms with Gasteiger partial charge in [-0.2, -0.15) is 0 Å². The number of anilines is 1. The number of aromatic nitrogens is 1. The van der Waals surface area contributed by atoms with Crippen molar-refractivity contribution in [3.8, 4) is 0 Å². The molecule has 1 aliphatic heterocycles. The van der Waals surface area contributed by atoms with E-state index < -0.39 is 0 Å². The lowest BCUT2D eigenvalue weighted by molar-refractivity contribution is 0.0674. The maximum absolute atomic E-state index is 6.01. The molecule has 0 unspecified atom stereocenters. The van der Waals surface area contributed by atoms with Gasteiger partial charge in [0.1, 0.15) is 5.82 Å². The molecule has 2 N–H and O–H groups in total. The van der Waals surface area contributed by atoms with Crippen molar-refractivity contribution < 1.29 is 4.74 Å². The summed E-state index contributed by atoms with van der Waals surface area (Å²) >= 11 is 0. The second kappa shape index (κ2) is 6.38. The minimum atomic E-state index is 0.546. The fourth-order valence-electron chi connectivity index (χ4n) is 2.01. The average molecular weight is 263 g/mol. The zero-order chi connectivity index (χ0) is 13.7. The molecule has 0 saturated carbocycles. The molecule has 6 heteroatoms. The maximum atomic E-state index is 6.01. The highest BCUT2D eigenvalue weighted by Crippen LogP contribution is 2.15. The van der Waals surface area contributed by atoms with Crippen LogP contribution < -0.4 is 10.6 Å². The third kappa shape index (κ3) is 3.57. The summed E-state index contributed by atoms with van der Waals surface area (Å²) in [5.41, 5.74) is 7.08. The molecular weight excluding hydrogens is 242 g/mol. The summed E-state index contributed by atoms with van der Waals surface area (Å²) in [5, 5.41) is 0. The fourth-order valence-corrected chi connectivity index (χ4v) is 2.01. The number of hydrogen-bond acceptors (Lipinski definition) is 4. The van der Waals surface area contributed by atoms with Crippen LogP contribution in [0, 0.1) is 0 Å². The lowest BCUT2D eigenvalue weighted by Gasteiger charge is -2.27. The molecule has 1 aromatic heterocycles. The Hall–Kier alpha value is -1.82. The third-order valence-electron chi connectivity index (χ3n) is 3.04. The second-order valence-electron chi connectivity index (χ2n) is 4.65. The van der Waals surface area contributed by atoms with E-state index in [1.54, 1.807) is 6.20 Å². The first-order valence-corrected chi connectivity index (χ1v) is 6.42. The molecule has 1 aliphatic rings. The molecule has 0 bridgehead atoms. The van der Waals surface area contributed by atoms with E-state index in [1.165, 1.54) is 0 Å². The zero-order valence-corrected chi connectivity index (χ0v) is 11.5. The summed E-state index contributed by atoms with van der Waals surface area (Å²) in [5.74, 6) is 1.51. The highest BCUT2D eigenvalue weighted by atomic mass is 16.5. The molecule has 1 aromatic rings. The van der Waals surface area contributed by atoms with Crippen molar-refractivity contribution in [2.75, 3.05) is 45.3 Å². The van der Waals surface area contributed by atoms with E-state index in [2.05, 4.69) is 14.9 Å². The molecule has 104 valence electrons. The van der Waals surface area contributed by atoms with Crippen LogP contribution in [0.3, 0.4) is 0 Å². The summed E-state index contributed by atoms with van der Waals surface area (Å²) in [6.45, 7) is 3.59. The molecule has 1 saturated heterocycles. The Labute approximate surface area is 113 Å². The molecule has 19 heavy (non-hydrogen) atoms. The summed E-state index contributed by atoms with van der Waals surface area (Å²) in [7, 11) is 3.95. The first kappa shape index (κ1) is 13.6. The van der Waals surface area contributed by atoms with Crippen LogP contribution in [0.2, 0.25) is 0 Å². The molecule has 0 amide bonds. The number of pyridine rings is 1. The van der Waals surface area contributed by atoms with Gasteiger partial charge in [0.25, 0.3) is 0 Å². The normalized spacial score (nSPS) is 16.5. The standard InChI is InChI=1S/C13H21N5O/c1-17(2)12-11(4-3-5-15-12)10-16-13(14)18-6-8-19-9-7-18/h3-5H,6-10H2,1-2H3,(H2,14,16). The molecule has 2 heterocycles. The Balaban J connectivity index is 2.04. The van der Waals surface area contributed by atoms with Gasteiger partial charge in [-0.3, -0.25) is 0 Å². The Morgan fingerprint density at radius 2 is 2.21 bits per heavy atom. The summed E-state index contributed by atoms with van der Waals surface area (Å²) in [6.07, 6.45) is 1.79. The molecule has 0 spiro atoms. The van der Waals surface area contributed by atoms with Gasteiger partial charge in [0.15, 0.2) is 5.96 Å². The van der Waals surface area contributed by atoms with Crippen LogP contribution in [-0.4, -0.2) is 56.2 Å². The molecule has 0 aromatic carbocycles. The highest BCUT2D eigenvalue weighted by Gasteiger charge is 2.12. The maximum Gasteiger partial charge on any atom is 0.191 e. The largest absolute Gasteiger partial charge is 0.378 e. The van der Waals surface area contributed by atoms with Gasteiger partial charge in [-0.15, -0.1) is 0 Å². The molecule has 2 rings (SSSR count). The summed E-state index contributed by atoms with van der Waals surface area (Å²) in [4.78, 5) is 12.8. The van der Waals surface area contributed by atoms with Crippen molar-refractivity contribution in [3.05, 3.63) is 23.9 Å². The van der Waals surface area contributed by atoms with Gasteiger partial charge in [-0.25, -0.2) is 9.98 Å². The minimum Gasteiger partial charge on any atom is -0.378 e. The van der Waals surface area contributed by atoms with Gasteiger partial charge in [-0.1, -0.05) is 6.07 Å². The molecule has 0 atom stereocenters. The van der Waals surface area contributed by atoms with Crippen molar-refractivity contribution in [2.24, 2.45) is 10.7 Å². The molecular formula is C13H21N5O. The van der Waals surface area contributed by atoms with Gasteiger partial charge in [-0.05, 0) is 6.07 Å². The molecule has 0 aliphatic carbocycles. The monoisotopic (exact) mass is 263 g/mol. The minimum absolute atomic E-state index is 0.546. The van der Waals surface area contributed by atoms with Crippen molar-refractivity contribution in [2.45, 2.75) is 6.54 Å². The van der Waals surface area contributed by atoms with Crippen LogP contribution in [0.5, 0.6) is 0 Å². The van der Waals surface area contributed by atoms with Crippen molar-refractivity contribution in [3.63, 3.8) is 0 Å². The zero-order valence-electron chi connectivity index (χ0n) is 11.5. The van der Waals surface area contributed by atoms with Gasteiger partial charge < -0.3 is 20.3 Å². The Kier molecular flexibility index (Phi) is 4.57. The van der Waals surface area contributed by atoms with Gasteiger partial charge in [0.2, 0.25) is 0 Å². The molecule has 1 fully saturated rings. The van der Waals surface area contributed by atoms with E-state index in [4.69, 9.17) is 10.5 Å². The topological polar surface area (TPSA) is 67.0 Å². The predicted molar refractivity (Wildman–Crippen MR) is 76.3 cm³/mol. The number of morpholine rings is 1. The van der Waals surface area contributed by atoms with Crippen molar-refractivity contribution >= 4 is 11.8 Å². The van der Waals surface area contributed by atoms with Gasteiger partial charge >= 0.3 is 0 Å². The number of nitrogens with zero attached hydrogens (tertiary/aromatic N) is 4. The van der Waals surface area contributed by atoms with Crippen LogP contribution in [0.25, 0.3) is 0 Å². The van der Waals surface area contributed by atoms with E-state index in [9.17, 15) is 0 Å². The van der Waals surface area contributed by atoms with Crippen LogP contribution in [0.15, 0.2) is 23.3 Å². The number of ether oxygens (including phenoxy) is 1. The van der Waals surface area contributed by atoms with Crippen molar-refractivity contribution in [1.29, 1.82) is 0 Å². The summed E-state index contributed by atoms with van der Waals surface area (Å²) in [6, 6.07) is 3.95.